The Morgan fingerprint density at radius 2 is 2.12 bits per heavy atom. The quantitative estimate of drug-likeness (QED) is 0.862. The van der Waals surface area contributed by atoms with E-state index in [0.717, 1.165) is 9.88 Å². The number of hydrazone groups is 1. The molecule has 1 aliphatic heterocycles. The summed E-state index contributed by atoms with van der Waals surface area (Å²) in [4.78, 5) is 28.9. The lowest BCUT2D eigenvalue weighted by atomic mass is 10.1. The highest BCUT2D eigenvalue weighted by atomic mass is 32.1. The number of para-hydroxylation sites is 1. The predicted octanol–water partition coefficient (Wildman–Crippen LogP) is 1.79. The van der Waals surface area contributed by atoms with Gasteiger partial charge in [0.25, 0.3) is 0 Å². The number of carboxylic acids is 1. The molecular formula is C16H16N4O3S. The van der Waals surface area contributed by atoms with Crippen molar-refractivity contribution in [3.05, 3.63) is 46.4 Å². The highest BCUT2D eigenvalue weighted by molar-refractivity contribution is 7.11. The number of carbonyl (C=O) groups excluding carboxylic acids is 1. The normalized spacial score (nSPS) is 16.8. The minimum atomic E-state index is -1.11. The molecule has 1 unspecified atom stereocenters. The molecule has 2 N–H and O–H groups in total. The Labute approximate surface area is 142 Å². The second-order valence-electron chi connectivity index (χ2n) is 5.32. The predicted molar refractivity (Wildman–Crippen MR) is 91.1 cm³/mol. The van der Waals surface area contributed by atoms with Crippen molar-refractivity contribution in [1.82, 2.24) is 10.3 Å². The minimum Gasteiger partial charge on any atom is -0.477 e. The van der Waals surface area contributed by atoms with Crippen molar-refractivity contribution in [2.45, 2.75) is 25.9 Å². The number of rotatable bonds is 5. The lowest BCUT2D eigenvalue weighted by Crippen LogP contribution is -2.42. The molecule has 3 rings (SSSR count). The molecule has 0 bridgehead atoms. The van der Waals surface area contributed by atoms with Crippen molar-refractivity contribution in [3.8, 4) is 0 Å². The highest BCUT2D eigenvalue weighted by Crippen LogP contribution is 2.24. The summed E-state index contributed by atoms with van der Waals surface area (Å²) in [7, 11) is 0. The van der Waals surface area contributed by atoms with Crippen LogP contribution in [0.4, 0.5) is 5.69 Å². The molecule has 1 atom stereocenters. The molecule has 2 heterocycles. The monoisotopic (exact) mass is 344 g/mol. The van der Waals surface area contributed by atoms with Crippen molar-refractivity contribution in [2.75, 3.05) is 5.01 Å². The number of carboxylic acid groups (broad SMARTS) is 1. The largest absolute Gasteiger partial charge is 0.477 e. The van der Waals surface area contributed by atoms with Gasteiger partial charge in [-0.2, -0.15) is 5.10 Å². The van der Waals surface area contributed by atoms with Crippen LogP contribution in [0, 0.1) is 6.92 Å². The number of nitrogens with one attached hydrogen (secondary N) is 1. The van der Waals surface area contributed by atoms with E-state index >= 15 is 0 Å². The Morgan fingerprint density at radius 3 is 2.75 bits per heavy atom. The van der Waals surface area contributed by atoms with Crippen LogP contribution >= 0.6 is 11.3 Å². The van der Waals surface area contributed by atoms with Gasteiger partial charge in [-0.15, -0.1) is 11.3 Å². The number of thiazole rings is 1. The van der Waals surface area contributed by atoms with Crippen LogP contribution in [0.2, 0.25) is 0 Å². The first-order valence-electron chi connectivity index (χ1n) is 7.38. The molecule has 1 aromatic heterocycles. The molecule has 0 saturated heterocycles. The first-order valence-corrected chi connectivity index (χ1v) is 8.20. The molecule has 0 fully saturated rings. The smallest absolute Gasteiger partial charge is 0.352 e. The van der Waals surface area contributed by atoms with Gasteiger partial charge in [0.15, 0.2) is 0 Å². The summed E-state index contributed by atoms with van der Waals surface area (Å²) >= 11 is 1.51. The van der Waals surface area contributed by atoms with Crippen LogP contribution in [-0.4, -0.2) is 33.7 Å². The number of nitrogens with zero attached hydrogens (tertiary/aromatic N) is 3. The first kappa shape index (κ1) is 16.1. The molecule has 0 spiro atoms. The van der Waals surface area contributed by atoms with Gasteiger partial charge in [-0.25, -0.2) is 9.78 Å². The molecule has 2 aromatic rings. The molecule has 8 heteroatoms. The first-order chi connectivity index (χ1) is 11.5. The fraction of sp³-hybridized carbons (Fsp3) is 0.250. The number of benzene rings is 1. The van der Waals surface area contributed by atoms with Crippen LogP contribution in [-0.2, 0) is 16.1 Å². The van der Waals surface area contributed by atoms with Crippen LogP contribution in [0.3, 0.4) is 0 Å². The Kier molecular flexibility index (Phi) is 4.57. The summed E-state index contributed by atoms with van der Waals surface area (Å²) in [6.45, 7) is 2.27. The Bertz CT molecular complexity index is 788. The van der Waals surface area contributed by atoms with Gasteiger partial charge in [-0.3, -0.25) is 9.80 Å². The lowest BCUT2D eigenvalue weighted by molar-refractivity contribution is -0.129. The van der Waals surface area contributed by atoms with Gasteiger partial charge in [0.05, 0.1) is 17.2 Å². The van der Waals surface area contributed by atoms with E-state index in [9.17, 15) is 14.7 Å². The van der Waals surface area contributed by atoms with Gasteiger partial charge < -0.3 is 10.4 Å². The second-order valence-corrected chi connectivity index (χ2v) is 6.63. The summed E-state index contributed by atoms with van der Waals surface area (Å²) in [6, 6.07) is 8.40. The number of aromatic nitrogens is 1. The van der Waals surface area contributed by atoms with Gasteiger partial charge in [-0.1, -0.05) is 18.2 Å². The molecule has 0 aliphatic carbocycles. The minimum absolute atomic E-state index is 0.0207. The zero-order valence-electron chi connectivity index (χ0n) is 13.0. The third-order valence-corrected chi connectivity index (χ3v) is 4.50. The molecule has 1 amide bonds. The van der Waals surface area contributed by atoms with Gasteiger partial charge in [-0.05, 0) is 19.1 Å². The molecule has 7 nitrogen and oxygen atoms in total. The fourth-order valence-electron chi connectivity index (χ4n) is 2.44. The number of hydrogen-bond donors (Lipinski definition) is 2. The van der Waals surface area contributed by atoms with E-state index in [0.29, 0.717) is 12.2 Å². The van der Waals surface area contributed by atoms with Crippen LogP contribution in [0.25, 0.3) is 0 Å². The lowest BCUT2D eigenvalue weighted by Gasteiger charge is -2.22. The summed E-state index contributed by atoms with van der Waals surface area (Å²) in [5.41, 5.74) is 0.662. The second kappa shape index (κ2) is 6.79. The molecule has 0 radical (unpaired) electrons. The third-order valence-electron chi connectivity index (χ3n) is 3.59. The Hall–Kier alpha value is -2.74. The molecule has 1 aromatic carbocycles. The number of amides is 1. The van der Waals surface area contributed by atoms with Gasteiger partial charge >= 0.3 is 5.97 Å². The maximum absolute atomic E-state index is 12.5. The van der Waals surface area contributed by atoms with Crippen molar-refractivity contribution in [1.29, 1.82) is 0 Å². The zero-order chi connectivity index (χ0) is 17.1. The Morgan fingerprint density at radius 1 is 1.38 bits per heavy atom. The van der Waals surface area contributed by atoms with E-state index in [-0.39, 0.29) is 18.0 Å². The van der Waals surface area contributed by atoms with Crippen LogP contribution in [0.1, 0.15) is 16.3 Å². The molecular weight excluding hydrogens is 328 g/mol. The number of hydrogen-bond acceptors (Lipinski definition) is 6. The topological polar surface area (TPSA) is 94.9 Å². The third kappa shape index (κ3) is 3.43. The molecule has 1 aliphatic rings. The average Bonchev–Trinajstić information content (AvgIpc) is 3.20. The number of aryl methyl sites for hydroxylation is 1. The van der Waals surface area contributed by atoms with Crippen molar-refractivity contribution in [2.24, 2.45) is 5.10 Å². The van der Waals surface area contributed by atoms with Crippen LogP contribution < -0.4 is 10.3 Å². The van der Waals surface area contributed by atoms with E-state index in [1.54, 1.807) is 18.3 Å². The number of anilines is 1. The summed E-state index contributed by atoms with van der Waals surface area (Å²) in [5.74, 6) is -1.37. The fourth-order valence-corrected chi connectivity index (χ4v) is 3.18. The maximum atomic E-state index is 12.5. The van der Waals surface area contributed by atoms with Crippen LogP contribution in [0.15, 0.2) is 41.6 Å². The van der Waals surface area contributed by atoms with Crippen molar-refractivity contribution in [3.63, 3.8) is 0 Å². The molecule has 0 saturated carbocycles. The van der Waals surface area contributed by atoms with E-state index in [4.69, 9.17) is 0 Å². The standard InChI is InChI=1S/C16H16N4O3S/c1-10-17-8-12(24-10)9-18-15(21)14-7-13(16(22)23)19-20(14)11-5-3-2-4-6-11/h2-6,8,14H,7,9H2,1H3,(H,18,21)(H,22,23). The highest BCUT2D eigenvalue weighted by Gasteiger charge is 2.36. The summed E-state index contributed by atoms with van der Waals surface area (Å²) in [5, 5.41) is 18.5. The Balaban J connectivity index is 1.75. The van der Waals surface area contributed by atoms with E-state index in [1.165, 1.54) is 16.3 Å². The van der Waals surface area contributed by atoms with Crippen molar-refractivity contribution >= 4 is 34.6 Å². The van der Waals surface area contributed by atoms with Crippen molar-refractivity contribution < 1.29 is 14.7 Å². The number of aliphatic carboxylic acids is 1. The van der Waals surface area contributed by atoms with Gasteiger partial charge in [0.2, 0.25) is 5.91 Å². The van der Waals surface area contributed by atoms with Gasteiger partial charge in [0, 0.05) is 17.5 Å². The molecule has 24 heavy (non-hydrogen) atoms. The van der Waals surface area contributed by atoms with E-state index < -0.39 is 12.0 Å². The van der Waals surface area contributed by atoms with Crippen LogP contribution in [0.5, 0.6) is 0 Å². The average molecular weight is 344 g/mol. The summed E-state index contributed by atoms with van der Waals surface area (Å²) < 4.78 is 0. The van der Waals surface area contributed by atoms with E-state index in [2.05, 4.69) is 15.4 Å². The van der Waals surface area contributed by atoms with Gasteiger partial charge in [0.1, 0.15) is 11.8 Å². The van der Waals surface area contributed by atoms with E-state index in [1.807, 2.05) is 25.1 Å². The SMILES string of the molecule is Cc1ncc(CNC(=O)C2CC(C(=O)O)=NN2c2ccccc2)s1. The maximum Gasteiger partial charge on any atom is 0.352 e. The number of carbonyl (C=O) groups is 2. The molecule has 124 valence electrons. The summed E-state index contributed by atoms with van der Waals surface area (Å²) in [6.07, 6.45) is 1.79. The zero-order valence-corrected chi connectivity index (χ0v) is 13.8.